The highest BCUT2D eigenvalue weighted by Crippen LogP contribution is 2.28. The van der Waals surface area contributed by atoms with E-state index >= 15 is 0 Å². The molecule has 1 aromatic rings. The second-order valence-corrected chi connectivity index (χ2v) is 7.22. The summed E-state index contributed by atoms with van der Waals surface area (Å²) in [4.78, 5) is 4.68. The lowest BCUT2D eigenvalue weighted by atomic mass is 10.1. The van der Waals surface area contributed by atoms with Gasteiger partial charge in [-0.1, -0.05) is 19.1 Å². The van der Waals surface area contributed by atoms with Crippen LogP contribution < -0.4 is 15.8 Å². The fourth-order valence-electron chi connectivity index (χ4n) is 2.16. The van der Waals surface area contributed by atoms with Gasteiger partial charge in [0.05, 0.1) is 4.90 Å². The number of aliphatic imine (C=N–C) groups is 1. The molecule has 1 saturated carbocycles. The van der Waals surface area contributed by atoms with Crippen LogP contribution in [0.3, 0.4) is 0 Å². The van der Waals surface area contributed by atoms with Crippen LogP contribution >= 0.6 is 24.0 Å². The van der Waals surface area contributed by atoms with Crippen molar-refractivity contribution in [3.05, 3.63) is 29.8 Å². The first-order valence-electron chi connectivity index (χ1n) is 7.56. The highest BCUT2D eigenvalue weighted by molar-refractivity contribution is 14.0. The summed E-state index contributed by atoms with van der Waals surface area (Å²) < 4.78 is 22.4. The number of nitrogens with two attached hydrogens (primary N) is 1. The molecule has 0 spiro atoms. The predicted octanol–water partition coefficient (Wildman–Crippen LogP) is 1.46. The minimum absolute atomic E-state index is 0. The van der Waals surface area contributed by atoms with E-state index in [0.717, 1.165) is 30.4 Å². The number of primary sulfonamides is 1. The first kappa shape index (κ1) is 20.2. The number of hydrogen-bond donors (Lipinski definition) is 3. The third-order valence-electron chi connectivity index (χ3n) is 3.70. The molecular formula is C15H25IN4O2S. The molecule has 1 aromatic carbocycles. The number of guanidine groups is 1. The summed E-state index contributed by atoms with van der Waals surface area (Å²) in [5.74, 6) is 1.56. The molecule has 1 aliphatic rings. The van der Waals surface area contributed by atoms with Crippen molar-refractivity contribution >= 4 is 40.0 Å². The van der Waals surface area contributed by atoms with E-state index in [1.165, 1.54) is 18.6 Å². The Morgan fingerprint density at radius 3 is 2.43 bits per heavy atom. The average molecular weight is 452 g/mol. The van der Waals surface area contributed by atoms with Gasteiger partial charge in [0, 0.05) is 19.1 Å². The molecule has 0 heterocycles. The number of halogens is 1. The Morgan fingerprint density at radius 1 is 1.35 bits per heavy atom. The number of sulfonamides is 1. The summed E-state index contributed by atoms with van der Waals surface area (Å²) in [5.41, 5.74) is 1.03. The van der Waals surface area contributed by atoms with Crippen LogP contribution in [0.15, 0.2) is 34.2 Å². The fourth-order valence-corrected chi connectivity index (χ4v) is 2.68. The van der Waals surface area contributed by atoms with Crippen molar-refractivity contribution in [1.29, 1.82) is 0 Å². The molecule has 130 valence electrons. The normalized spacial score (nSPS) is 20.6. The Labute approximate surface area is 155 Å². The zero-order valence-corrected chi connectivity index (χ0v) is 16.6. The number of nitrogens with zero attached hydrogens (tertiary/aromatic N) is 1. The Morgan fingerprint density at radius 2 is 1.96 bits per heavy atom. The monoisotopic (exact) mass is 452 g/mol. The van der Waals surface area contributed by atoms with Gasteiger partial charge in [-0.25, -0.2) is 13.6 Å². The summed E-state index contributed by atoms with van der Waals surface area (Å²) in [5, 5.41) is 11.7. The van der Waals surface area contributed by atoms with Gasteiger partial charge >= 0.3 is 0 Å². The van der Waals surface area contributed by atoms with Gasteiger partial charge in [0.25, 0.3) is 0 Å². The van der Waals surface area contributed by atoms with Crippen molar-refractivity contribution in [3.63, 3.8) is 0 Å². The largest absolute Gasteiger partial charge is 0.357 e. The van der Waals surface area contributed by atoms with Gasteiger partial charge in [-0.05, 0) is 43.4 Å². The molecule has 0 radical (unpaired) electrons. The van der Waals surface area contributed by atoms with Crippen molar-refractivity contribution in [3.8, 4) is 0 Å². The summed E-state index contributed by atoms with van der Waals surface area (Å²) in [6, 6.07) is 7.15. The van der Waals surface area contributed by atoms with Gasteiger partial charge < -0.3 is 10.6 Å². The van der Waals surface area contributed by atoms with E-state index in [4.69, 9.17) is 5.14 Å². The number of benzene rings is 1. The molecule has 2 atom stereocenters. The van der Waals surface area contributed by atoms with Crippen LogP contribution in [0.4, 0.5) is 0 Å². The first-order valence-corrected chi connectivity index (χ1v) is 9.11. The van der Waals surface area contributed by atoms with E-state index in [-0.39, 0.29) is 28.9 Å². The second kappa shape index (κ2) is 8.84. The summed E-state index contributed by atoms with van der Waals surface area (Å²) in [6.07, 6.45) is 1.95. The van der Waals surface area contributed by atoms with Crippen molar-refractivity contribution < 1.29 is 8.42 Å². The fraction of sp³-hybridized carbons (Fsp3) is 0.533. The van der Waals surface area contributed by atoms with Crippen LogP contribution in [0.25, 0.3) is 0 Å². The Kier molecular flexibility index (Phi) is 7.75. The molecule has 4 N–H and O–H groups in total. The molecule has 8 heteroatoms. The molecule has 0 bridgehead atoms. The topological polar surface area (TPSA) is 96.6 Å². The lowest BCUT2D eigenvalue weighted by Gasteiger charge is -2.10. The highest BCUT2D eigenvalue weighted by atomic mass is 127. The minimum atomic E-state index is -3.62. The van der Waals surface area contributed by atoms with Gasteiger partial charge in [0.1, 0.15) is 0 Å². The van der Waals surface area contributed by atoms with E-state index < -0.39 is 10.0 Å². The Hall–Kier alpha value is -0.870. The van der Waals surface area contributed by atoms with E-state index in [1.54, 1.807) is 12.1 Å². The lowest BCUT2D eigenvalue weighted by Crippen LogP contribution is -2.39. The minimum Gasteiger partial charge on any atom is -0.357 e. The maximum atomic E-state index is 11.2. The molecule has 0 aromatic heterocycles. The Bertz CT molecular complexity index is 631. The van der Waals surface area contributed by atoms with Gasteiger partial charge in [0.15, 0.2) is 5.96 Å². The molecule has 2 unspecified atom stereocenters. The summed E-state index contributed by atoms with van der Waals surface area (Å²) >= 11 is 0. The van der Waals surface area contributed by atoms with Crippen LogP contribution in [-0.2, 0) is 16.4 Å². The van der Waals surface area contributed by atoms with Gasteiger partial charge in [-0.2, -0.15) is 0 Å². The third kappa shape index (κ3) is 6.64. The average Bonchev–Trinajstić information content (AvgIpc) is 3.14. The number of rotatable bonds is 6. The summed E-state index contributed by atoms with van der Waals surface area (Å²) in [7, 11) is -3.62. The van der Waals surface area contributed by atoms with E-state index in [0.29, 0.717) is 12.6 Å². The van der Waals surface area contributed by atoms with E-state index in [2.05, 4.69) is 22.5 Å². The smallest absolute Gasteiger partial charge is 0.238 e. The molecule has 6 nitrogen and oxygen atoms in total. The second-order valence-electron chi connectivity index (χ2n) is 5.66. The molecule has 0 saturated heterocycles. The van der Waals surface area contributed by atoms with Crippen LogP contribution in [0.1, 0.15) is 25.8 Å². The molecule has 1 aliphatic carbocycles. The predicted molar refractivity (Wildman–Crippen MR) is 104 cm³/mol. The highest BCUT2D eigenvalue weighted by Gasteiger charge is 2.33. The molecule has 1 fully saturated rings. The van der Waals surface area contributed by atoms with Crippen LogP contribution in [-0.4, -0.2) is 33.5 Å². The maximum absolute atomic E-state index is 11.2. The number of hydrogen-bond acceptors (Lipinski definition) is 3. The zero-order valence-electron chi connectivity index (χ0n) is 13.5. The Balaban J connectivity index is 0.00000264. The van der Waals surface area contributed by atoms with Crippen molar-refractivity contribution in [2.75, 3.05) is 13.1 Å². The van der Waals surface area contributed by atoms with Crippen molar-refractivity contribution in [2.45, 2.75) is 37.6 Å². The standard InChI is InChI=1S/C15H24N4O2S.HI/c1-3-17-15(19-14-10-11(14)2)18-9-8-12-4-6-13(7-5-12)22(16,20)21;/h4-7,11,14H,3,8-10H2,1-2H3,(H2,16,20,21)(H2,17,18,19);1H. The van der Waals surface area contributed by atoms with Gasteiger partial charge in [-0.3, -0.25) is 4.99 Å². The third-order valence-corrected chi connectivity index (χ3v) is 4.63. The maximum Gasteiger partial charge on any atom is 0.238 e. The number of nitrogens with one attached hydrogen (secondary N) is 2. The van der Waals surface area contributed by atoms with Crippen molar-refractivity contribution in [2.24, 2.45) is 16.0 Å². The van der Waals surface area contributed by atoms with Crippen LogP contribution in [0, 0.1) is 5.92 Å². The molecule has 0 aliphatic heterocycles. The molecule has 0 amide bonds. The van der Waals surface area contributed by atoms with Gasteiger partial charge in [0.2, 0.25) is 10.0 Å². The van der Waals surface area contributed by atoms with Gasteiger partial charge in [-0.15, -0.1) is 24.0 Å². The summed E-state index contributed by atoms with van der Waals surface area (Å²) in [6.45, 7) is 5.73. The first-order chi connectivity index (χ1) is 10.4. The molecule has 2 rings (SSSR count). The zero-order chi connectivity index (χ0) is 16.2. The van der Waals surface area contributed by atoms with E-state index in [1.807, 2.05) is 6.92 Å². The SMILES string of the molecule is CCNC(=NCCc1ccc(S(N)(=O)=O)cc1)NC1CC1C.I. The van der Waals surface area contributed by atoms with Crippen molar-refractivity contribution in [1.82, 2.24) is 10.6 Å². The molecule has 23 heavy (non-hydrogen) atoms. The van der Waals surface area contributed by atoms with Crippen LogP contribution in [0.2, 0.25) is 0 Å². The lowest BCUT2D eigenvalue weighted by molar-refractivity contribution is 0.598. The quantitative estimate of drug-likeness (QED) is 0.346. The van der Waals surface area contributed by atoms with E-state index in [9.17, 15) is 8.42 Å². The van der Waals surface area contributed by atoms with Crippen LogP contribution in [0.5, 0.6) is 0 Å². The molecular weight excluding hydrogens is 427 g/mol.